The molecule has 3 heterocycles. The van der Waals surface area contributed by atoms with Gasteiger partial charge in [-0.3, -0.25) is 4.79 Å². The number of methoxy groups -OCH3 is 1. The van der Waals surface area contributed by atoms with Gasteiger partial charge in [0.1, 0.15) is 0 Å². The van der Waals surface area contributed by atoms with Crippen molar-refractivity contribution in [3.63, 3.8) is 0 Å². The Balaban J connectivity index is 1.58. The van der Waals surface area contributed by atoms with E-state index in [1.807, 2.05) is 47.5 Å². The summed E-state index contributed by atoms with van der Waals surface area (Å²) in [5.41, 5.74) is 6.06. The highest BCUT2D eigenvalue weighted by molar-refractivity contribution is 9.10. The van der Waals surface area contributed by atoms with Crippen LogP contribution < -0.4 is 20.2 Å². The average Bonchev–Trinajstić information content (AvgIpc) is 3.35. The van der Waals surface area contributed by atoms with Crippen LogP contribution in [0.5, 0.6) is 11.5 Å². The molecule has 3 aromatic rings. The normalized spacial score (nSPS) is 22.9. The molecule has 0 bridgehead atoms. The molecule has 8 heteroatoms. The summed E-state index contributed by atoms with van der Waals surface area (Å²) in [7, 11) is 1.59. The summed E-state index contributed by atoms with van der Waals surface area (Å²) in [5.74, 6) is 0.805. The summed E-state index contributed by atoms with van der Waals surface area (Å²) in [6.07, 6.45) is 2.10. The van der Waals surface area contributed by atoms with E-state index in [0.717, 1.165) is 21.3 Å². The Hall–Kier alpha value is -3.00. The molecule has 0 fully saturated rings. The number of hydrazine groups is 1. The van der Waals surface area contributed by atoms with Gasteiger partial charge in [0.15, 0.2) is 11.5 Å². The van der Waals surface area contributed by atoms with Crippen molar-refractivity contribution in [1.82, 2.24) is 10.4 Å². The van der Waals surface area contributed by atoms with Gasteiger partial charge in [-0.2, -0.15) is 5.01 Å². The highest BCUT2D eigenvalue weighted by Crippen LogP contribution is 2.55. The molecule has 0 aliphatic carbocycles. The molecule has 160 valence electrons. The number of carbonyl (C=O) groups is 1. The fraction of sp³-hybridized carbons (Fsp3) is 0.125. The van der Waals surface area contributed by atoms with Crippen LogP contribution >= 0.6 is 27.5 Å². The number of nitrogens with zero attached hydrogens (tertiary/aromatic N) is 1. The van der Waals surface area contributed by atoms with Crippen LogP contribution in [0.15, 0.2) is 71.2 Å². The van der Waals surface area contributed by atoms with Crippen molar-refractivity contribution < 1.29 is 14.3 Å². The molecule has 2 unspecified atom stereocenters. The van der Waals surface area contributed by atoms with Crippen molar-refractivity contribution in [2.24, 2.45) is 0 Å². The van der Waals surface area contributed by atoms with Crippen molar-refractivity contribution in [2.75, 3.05) is 12.4 Å². The molecular weight excluding hydrogens is 494 g/mol. The minimum Gasteiger partial charge on any atom is -0.493 e. The lowest BCUT2D eigenvalue weighted by Gasteiger charge is -2.44. The first-order chi connectivity index (χ1) is 15.5. The number of benzene rings is 3. The Morgan fingerprint density at radius 2 is 1.97 bits per heavy atom. The molecule has 3 aliphatic heterocycles. The molecule has 6 nitrogen and oxygen atoms in total. The van der Waals surface area contributed by atoms with Crippen molar-refractivity contribution in [1.29, 1.82) is 0 Å². The lowest BCUT2D eigenvalue weighted by atomic mass is 9.95. The topological polar surface area (TPSA) is 62.8 Å². The van der Waals surface area contributed by atoms with Gasteiger partial charge in [0.2, 0.25) is 0 Å². The predicted octanol–water partition coefficient (Wildman–Crippen LogP) is 5.21. The van der Waals surface area contributed by atoms with Crippen LogP contribution in [-0.4, -0.2) is 18.0 Å². The quantitative estimate of drug-likeness (QED) is 0.496. The largest absolute Gasteiger partial charge is 0.493 e. The number of amides is 1. The van der Waals surface area contributed by atoms with Gasteiger partial charge in [0.25, 0.3) is 11.6 Å². The maximum atomic E-state index is 13.5. The molecule has 1 spiro atoms. The Labute approximate surface area is 197 Å². The van der Waals surface area contributed by atoms with Crippen LogP contribution in [0, 0.1) is 0 Å². The van der Waals surface area contributed by atoms with Crippen LogP contribution in [0.1, 0.15) is 22.7 Å². The van der Waals surface area contributed by atoms with Crippen LogP contribution in [0.4, 0.5) is 5.69 Å². The maximum Gasteiger partial charge on any atom is 0.291 e. The number of carbonyl (C=O) groups excluding carboxylic acids is 1. The second-order valence-electron chi connectivity index (χ2n) is 7.78. The van der Waals surface area contributed by atoms with Crippen LogP contribution in [0.25, 0.3) is 5.70 Å². The third-order valence-corrected chi connectivity index (χ3v) is 6.80. The second kappa shape index (κ2) is 7.00. The molecule has 3 aliphatic rings. The molecule has 0 radical (unpaired) electrons. The first kappa shape index (κ1) is 19.7. The van der Waals surface area contributed by atoms with E-state index >= 15 is 0 Å². The van der Waals surface area contributed by atoms with Crippen molar-refractivity contribution >= 4 is 44.8 Å². The third-order valence-electron chi connectivity index (χ3n) is 6.04. The summed E-state index contributed by atoms with van der Waals surface area (Å²) in [5, 5.41) is 5.32. The number of ether oxygens (including phenoxy) is 2. The minimum atomic E-state index is -1.46. The smallest absolute Gasteiger partial charge is 0.291 e. The SMILES string of the molecule is COc1cccc2c1OC1(C(=O)Nc3ccc(Cl)cc31)N1NC(c3ccc(Br)cc3)=CC21. The Bertz CT molecular complexity index is 1310. The predicted molar refractivity (Wildman–Crippen MR) is 125 cm³/mol. The molecule has 0 aromatic heterocycles. The first-order valence-electron chi connectivity index (χ1n) is 10.0. The van der Waals surface area contributed by atoms with E-state index in [0.29, 0.717) is 27.8 Å². The summed E-state index contributed by atoms with van der Waals surface area (Å²) >= 11 is 9.82. The summed E-state index contributed by atoms with van der Waals surface area (Å²) in [6, 6.07) is 18.8. The zero-order valence-electron chi connectivity index (χ0n) is 16.9. The van der Waals surface area contributed by atoms with Crippen LogP contribution in [0.2, 0.25) is 5.02 Å². The highest BCUT2D eigenvalue weighted by atomic mass is 79.9. The van der Waals surface area contributed by atoms with Gasteiger partial charge in [0.05, 0.1) is 24.5 Å². The Morgan fingerprint density at radius 3 is 2.75 bits per heavy atom. The number of halogens is 2. The van der Waals surface area contributed by atoms with Gasteiger partial charge in [-0.15, -0.1) is 0 Å². The Kier molecular flexibility index (Phi) is 4.30. The van der Waals surface area contributed by atoms with E-state index in [4.69, 9.17) is 21.1 Å². The fourth-order valence-corrected chi connectivity index (χ4v) is 5.01. The van der Waals surface area contributed by atoms with E-state index in [1.54, 1.807) is 25.3 Å². The summed E-state index contributed by atoms with van der Waals surface area (Å²) in [4.78, 5) is 13.5. The molecule has 0 saturated heterocycles. The lowest BCUT2D eigenvalue weighted by Crippen LogP contribution is -2.60. The first-order valence-corrected chi connectivity index (χ1v) is 11.2. The van der Waals surface area contributed by atoms with Gasteiger partial charge in [-0.1, -0.05) is 51.8 Å². The van der Waals surface area contributed by atoms with E-state index in [2.05, 4.69) is 32.7 Å². The molecule has 2 N–H and O–H groups in total. The molecule has 2 atom stereocenters. The van der Waals surface area contributed by atoms with Crippen molar-refractivity contribution in [2.45, 2.75) is 11.8 Å². The highest BCUT2D eigenvalue weighted by Gasteiger charge is 2.61. The minimum absolute atomic E-state index is 0.275. The number of fused-ring (bicyclic) bond motifs is 6. The van der Waals surface area contributed by atoms with Crippen LogP contribution in [-0.2, 0) is 10.5 Å². The van der Waals surface area contributed by atoms with E-state index < -0.39 is 5.72 Å². The molecule has 1 amide bonds. The Morgan fingerprint density at radius 1 is 1.16 bits per heavy atom. The number of nitrogens with one attached hydrogen (secondary N) is 2. The van der Waals surface area contributed by atoms with Crippen LogP contribution in [0.3, 0.4) is 0 Å². The van der Waals surface area contributed by atoms with Crippen molar-refractivity contribution in [3.8, 4) is 11.5 Å². The molecule has 6 rings (SSSR count). The van der Waals surface area contributed by atoms with Gasteiger partial charge >= 0.3 is 0 Å². The lowest BCUT2D eigenvalue weighted by molar-refractivity contribution is -0.166. The number of hydrogen-bond acceptors (Lipinski definition) is 5. The fourth-order valence-electron chi connectivity index (χ4n) is 4.57. The maximum absolute atomic E-state index is 13.5. The molecule has 0 saturated carbocycles. The zero-order valence-corrected chi connectivity index (χ0v) is 19.2. The summed E-state index contributed by atoms with van der Waals surface area (Å²) < 4.78 is 13.1. The standard InChI is InChI=1S/C24H17BrClN3O3/c1-31-21-4-2-3-16-20-12-19(13-5-7-14(25)8-6-13)28-29(20)24(32-22(16)21)17-11-15(26)9-10-18(17)27-23(24)30/h2-12,20,28H,1H3,(H,27,30). The molecule has 3 aromatic carbocycles. The number of anilines is 1. The number of rotatable bonds is 2. The number of para-hydroxylation sites is 1. The third kappa shape index (κ3) is 2.65. The number of hydrogen-bond donors (Lipinski definition) is 2. The molecular formula is C24H17BrClN3O3. The van der Waals surface area contributed by atoms with Crippen molar-refractivity contribution in [3.05, 3.63) is 92.9 Å². The second-order valence-corrected chi connectivity index (χ2v) is 9.13. The van der Waals surface area contributed by atoms with Gasteiger partial charge in [0, 0.05) is 20.6 Å². The van der Waals surface area contributed by atoms with E-state index in [9.17, 15) is 4.79 Å². The van der Waals surface area contributed by atoms with E-state index in [-0.39, 0.29) is 11.9 Å². The monoisotopic (exact) mass is 509 g/mol. The summed E-state index contributed by atoms with van der Waals surface area (Å²) in [6.45, 7) is 0. The van der Waals surface area contributed by atoms with Gasteiger partial charge < -0.3 is 20.2 Å². The molecule has 32 heavy (non-hydrogen) atoms. The average molecular weight is 511 g/mol. The van der Waals surface area contributed by atoms with E-state index in [1.165, 1.54) is 0 Å². The zero-order chi connectivity index (χ0) is 22.0. The van der Waals surface area contributed by atoms with Gasteiger partial charge in [-0.05, 0) is 48.0 Å². The van der Waals surface area contributed by atoms with Gasteiger partial charge in [-0.25, -0.2) is 0 Å².